The molecule has 2 aromatic rings. The van der Waals surface area contributed by atoms with Gasteiger partial charge in [0.2, 0.25) is 5.91 Å². The third kappa shape index (κ3) is 5.10. The van der Waals surface area contributed by atoms with Crippen LogP contribution in [-0.4, -0.2) is 33.0 Å². The van der Waals surface area contributed by atoms with Crippen molar-refractivity contribution in [2.45, 2.75) is 45.2 Å². The second-order valence-corrected chi connectivity index (χ2v) is 6.56. The number of hydrogen-bond acceptors (Lipinski definition) is 4. The van der Waals surface area contributed by atoms with E-state index in [1.165, 1.54) is 5.56 Å². The zero-order valence-electron chi connectivity index (χ0n) is 14.0. The molecule has 0 fully saturated rings. The fourth-order valence-electron chi connectivity index (χ4n) is 2.18. The lowest BCUT2D eigenvalue weighted by Crippen LogP contribution is -2.23. The summed E-state index contributed by atoms with van der Waals surface area (Å²) < 4.78 is 2.06. The quantitative estimate of drug-likeness (QED) is 0.595. The van der Waals surface area contributed by atoms with Crippen LogP contribution < -0.4 is 5.32 Å². The van der Waals surface area contributed by atoms with E-state index in [9.17, 15) is 4.79 Å². The second-order valence-electron chi connectivity index (χ2n) is 5.50. The molecular weight excluding hydrogens is 308 g/mol. The maximum absolute atomic E-state index is 11.6. The van der Waals surface area contributed by atoms with Crippen LogP contribution in [0.5, 0.6) is 0 Å². The number of rotatable bonds is 8. The number of carbonyl (C=O) groups excluding carboxylic acids is 1. The number of nitrogens with one attached hydrogen (secondary N) is 1. The minimum absolute atomic E-state index is 0.128. The largest absolute Gasteiger partial charge is 0.356 e. The molecule has 0 atom stereocenters. The maximum atomic E-state index is 11.6. The van der Waals surface area contributed by atoms with Crippen LogP contribution in [0.4, 0.5) is 0 Å². The molecule has 0 saturated heterocycles. The zero-order chi connectivity index (χ0) is 16.7. The Kier molecular flexibility index (Phi) is 6.65. The summed E-state index contributed by atoms with van der Waals surface area (Å²) in [7, 11) is 0. The molecule has 0 aliphatic rings. The Morgan fingerprint density at radius 3 is 2.65 bits per heavy atom. The van der Waals surface area contributed by atoms with E-state index in [1.54, 1.807) is 11.8 Å². The van der Waals surface area contributed by atoms with E-state index in [-0.39, 0.29) is 5.91 Å². The van der Waals surface area contributed by atoms with Crippen LogP contribution >= 0.6 is 11.8 Å². The summed E-state index contributed by atoms with van der Waals surface area (Å²) in [6.07, 6.45) is 2.37. The van der Waals surface area contributed by atoms with Gasteiger partial charge in [0.05, 0.1) is 0 Å². The normalized spacial score (nSPS) is 10.7. The number of thioether (sulfide) groups is 1. The Labute approximate surface area is 141 Å². The van der Waals surface area contributed by atoms with Crippen molar-refractivity contribution in [1.29, 1.82) is 0 Å². The Balaban J connectivity index is 1.91. The van der Waals surface area contributed by atoms with Crippen LogP contribution in [-0.2, 0) is 4.79 Å². The van der Waals surface area contributed by atoms with E-state index in [2.05, 4.69) is 58.2 Å². The van der Waals surface area contributed by atoms with Gasteiger partial charge in [0.25, 0.3) is 0 Å². The molecule has 1 amide bonds. The number of amides is 1. The highest BCUT2D eigenvalue weighted by molar-refractivity contribution is 7.99. The highest BCUT2D eigenvalue weighted by Crippen LogP contribution is 2.22. The van der Waals surface area contributed by atoms with Crippen LogP contribution in [0.1, 0.15) is 37.6 Å². The first-order valence-electron chi connectivity index (χ1n) is 8.00. The smallest absolute Gasteiger partial charge is 0.220 e. The minimum atomic E-state index is 0.128. The number of benzene rings is 1. The van der Waals surface area contributed by atoms with Gasteiger partial charge in [-0.1, -0.05) is 36.4 Å². The molecule has 1 N–H and O–H groups in total. The first-order valence-corrected chi connectivity index (χ1v) is 8.99. The number of aryl methyl sites for hydroxylation is 2. The van der Waals surface area contributed by atoms with Gasteiger partial charge >= 0.3 is 0 Å². The summed E-state index contributed by atoms with van der Waals surface area (Å²) >= 11 is 1.64. The molecule has 23 heavy (non-hydrogen) atoms. The van der Waals surface area contributed by atoms with E-state index in [0.717, 1.165) is 41.8 Å². The van der Waals surface area contributed by atoms with Crippen LogP contribution in [0.2, 0.25) is 0 Å². The average Bonchev–Trinajstić information content (AvgIpc) is 2.91. The lowest BCUT2D eigenvalue weighted by atomic mass is 10.2. The van der Waals surface area contributed by atoms with Crippen LogP contribution in [0.3, 0.4) is 0 Å². The highest BCUT2D eigenvalue weighted by Gasteiger charge is 2.11. The van der Waals surface area contributed by atoms with E-state index < -0.39 is 0 Å². The number of aromatic nitrogens is 3. The molecule has 2 rings (SSSR count). The molecule has 1 aromatic carbocycles. The molecule has 124 valence electrons. The van der Waals surface area contributed by atoms with Gasteiger partial charge in [-0.15, -0.1) is 10.2 Å². The van der Waals surface area contributed by atoms with Gasteiger partial charge in [-0.05, 0) is 38.8 Å². The Bertz CT molecular complexity index is 637. The van der Waals surface area contributed by atoms with Crippen molar-refractivity contribution in [2.24, 2.45) is 0 Å². The molecule has 1 heterocycles. The number of nitrogens with zero attached hydrogens (tertiary/aromatic N) is 3. The van der Waals surface area contributed by atoms with Gasteiger partial charge in [-0.2, -0.15) is 0 Å². The SMILES string of the molecule is CCCNC(=O)CCCSc1nnc(C)n1-c1ccc(C)cc1. The topological polar surface area (TPSA) is 59.8 Å². The zero-order valence-corrected chi connectivity index (χ0v) is 14.8. The fourth-order valence-corrected chi connectivity index (χ4v) is 3.11. The molecule has 0 radical (unpaired) electrons. The van der Waals surface area contributed by atoms with Crippen molar-refractivity contribution < 1.29 is 4.79 Å². The third-order valence-electron chi connectivity index (χ3n) is 3.44. The summed E-state index contributed by atoms with van der Waals surface area (Å²) in [4.78, 5) is 11.6. The predicted octanol–water partition coefficient (Wildman–Crippen LogP) is 3.28. The standard InChI is InChI=1S/C17H24N4OS/c1-4-11-18-16(22)6-5-12-23-17-20-19-14(3)21(17)15-9-7-13(2)8-10-15/h7-10H,4-6,11-12H2,1-3H3,(H,18,22). The summed E-state index contributed by atoms with van der Waals surface area (Å²) in [5, 5.41) is 12.2. The Morgan fingerprint density at radius 2 is 1.96 bits per heavy atom. The summed E-state index contributed by atoms with van der Waals surface area (Å²) in [6, 6.07) is 8.32. The Morgan fingerprint density at radius 1 is 1.22 bits per heavy atom. The van der Waals surface area contributed by atoms with Gasteiger partial charge in [0.15, 0.2) is 5.16 Å². The van der Waals surface area contributed by atoms with Crippen LogP contribution in [0, 0.1) is 13.8 Å². The number of hydrogen-bond donors (Lipinski definition) is 1. The van der Waals surface area contributed by atoms with Gasteiger partial charge in [-0.25, -0.2) is 0 Å². The van der Waals surface area contributed by atoms with Gasteiger partial charge in [0, 0.05) is 24.4 Å². The monoisotopic (exact) mass is 332 g/mol. The highest BCUT2D eigenvalue weighted by atomic mass is 32.2. The van der Waals surface area contributed by atoms with Gasteiger partial charge in [-0.3, -0.25) is 9.36 Å². The maximum Gasteiger partial charge on any atom is 0.220 e. The predicted molar refractivity (Wildman–Crippen MR) is 94.1 cm³/mol. The molecule has 0 unspecified atom stereocenters. The van der Waals surface area contributed by atoms with E-state index in [0.29, 0.717) is 6.42 Å². The number of carbonyl (C=O) groups is 1. The van der Waals surface area contributed by atoms with Crippen LogP contribution in [0.15, 0.2) is 29.4 Å². The summed E-state index contributed by atoms with van der Waals surface area (Å²) in [5.74, 6) is 1.85. The fraction of sp³-hybridized carbons (Fsp3) is 0.471. The first-order chi connectivity index (χ1) is 11.1. The lowest BCUT2D eigenvalue weighted by Gasteiger charge is -2.08. The molecule has 5 nitrogen and oxygen atoms in total. The molecule has 1 aromatic heterocycles. The van der Waals surface area contributed by atoms with E-state index >= 15 is 0 Å². The third-order valence-corrected chi connectivity index (χ3v) is 4.45. The van der Waals surface area contributed by atoms with Crippen molar-refractivity contribution in [3.8, 4) is 5.69 Å². The van der Waals surface area contributed by atoms with Crippen molar-refractivity contribution in [1.82, 2.24) is 20.1 Å². The summed E-state index contributed by atoms with van der Waals surface area (Å²) in [5.41, 5.74) is 2.30. The molecule has 0 aliphatic heterocycles. The van der Waals surface area contributed by atoms with E-state index in [4.69, 9.17) is 0 Å². The van der Waals surface area contributed by atoms with Crippen molar-refractivity contribution in [2.75, 3.05) is 12.3 Å². The minimum Gasteiger partial charge on any atom is -0.356 e. The second kappa shape index (κ2) is 8.72. The molecule has 0 bridgehead atoms. The lowest BCUT2D eigenvalue weighted by molar-refractivity contribution is -0.121. The first kappa shape index (κ1) is 17.5. The van der Waals surface area contributed by atoms with Gasteiger partial charge < -0.3 is 5.32 Å². The van der Waals surface area contributed by atoms with Crippen molar-refractivity contribution >= 4 is 17.7 Å². The molecular formula is C17H24N4OS. The van der Waals surface area contributed by atoms with Crippen molar-refractivity contribution in [3.63, 3.8) is 0 Å². The molecule has 6 heteroatoms. The summed E-state index contributed by atoms with van der Waals surface area (Å²) in [6.45, 7) is 6.83. The van der Waals surface area contributed by atoms with Crippen LogP contribution in [0.25, 0.3) is 5.69 Å². The van der Waals surface area contributed by atoms with Crippen molar-refractivity contribution in [3.05, 3.63) is 35.7 Å². The average molecular weight is 332 g/mol. The van der Waals surface area contributed by atoms with E-state index in [1.807, 2.05) is 6.92 Å². The van der Waals surface area contributed by atoms with Gasteiger partial charge in [0.1, 0.15) is 5.82 Å². The molecule has 0 spiro atoms. The Hall–Kier alpha value is -1.82. The molecule has 0 aliphatic carbocycles. The molecule has 0 saturated carbocycles.